The van der Waals surface area contributed by atoms with Gasteiger partial charge in [0, 0.05) is 44.9 Å². The molecule has 1 fully saturated rings. The number of anilines is 1. The minimum absolute atomic E-state index is 0.0228. The first-order valence-corrected chi connectivity index (χ1v) is 9.12. The van der Waals surface area contributed by atoms with Gasteiger partial charge in [0.05, 0.1) is 11.3 Å². The molecule has 0 spiro atoms. The van der Waals surface area contributed by atoms with Crippen molar-refractivity contribution in [3.05, 3.63) is 29.5 Å². The molecule has 6 nitrogen and oxygen atoms in total. The van der Waals surface area contributed by atoms with Gasteiger partial charge in [0.15, 0.2) is 0 Å². The molecule has 2 heterocycles. The number of carbonyl (C=O) groups excluding carboxylic acids is 1. The van der Waals surface area contributed by atoms with Gasteiger partial charge in [0.1, 0.15) is 6.23 Å². The van der Waals surface area contributed by atoms with Gasteiger partial charge in [-0.25, -0.2) is 0 Å². The number of benzene rings is 1. The molecule has 130 valence electrons. The second kappa shape index (κ2) is 7.19. The molecule has 1 aromatic rings. The molecule has 2 aliphatic heterocycles. The monoisotopic (exact) mass is 350 g/mol. The lowest BCUT2D eigenvalue weighted by Gasteiger charge is -2.22. The van der Waals surface area contributed by atoms with Crippen LogP contribution in [0.15, 0.2) is 18.3 Å². The summed E-state index contributed by atoms with van der Waals surface area (Å²) >= 11 is 0. The Morgan fingerprint density at radius 3 is 2.71 bits per heavy atom. The van der Waals surface area contributed by atoms with Crippen LogP contribution in [0.2, 0.25) is 0 Å². The fourth-order valence-corrected chi connectivity index (χ4v) is 4.59. The molecule has 2 aliphatic rings. The summed E-state index contributed by atoms with van der Waals surface area (Å²) < 4.78 is 16.5. The van der Waals surface area contributed by atoms with E-state index >= 15 is 0 Å². The van der Waals surface area contributed by atoms with E-state index in [9.17, 15) is 4.79 Å². The van der Waals surface area contributed by atoms with Crippen molar-refractivity contribution >= 4 is 30.8 Å². The van der Waals surface area contributed by atoms with E-state index in [2.05, 4.69) is 10.2 Å². The summed E-state index contributed by atoms with van der Waals surface area (Å²) in [5, 5.41) is 3.88. The molecule has 1 amide bonds. The molecule has 0 bridgehead atoms. The van der Waals surface area contributed by atoms with Gasteiger partial charge in [-0.15, -0.1) is 0 Å². The number of carbonyl (C=O) groups is 1. The highest BCUT2D eigenvalue weighted by Crippen LogP contribution is 2.43. The molecule has 1 unspecified atom stereocenters. The first kappa shape index (κ1) is 17.4. The van der Waals surface area contributed by atoms with Crippen molar-refractivity contribution < 1.29 is 18.6 Å². The average molecular weight is 350 g/mol. The van der Waals surface area contributed by atoms with Crippen LogP contribution in [-0.4, -0.2) is 44.9 Å². The largest absolute Gasteiger partial charge is 0.362 e. The van der Waals surface area contributed by atoms with Gasteiger partial charge in [-0.2, -0.15) is 0 Å². The number of rotatable bonds is 5. The summed E-state index contributed by atoms with van der Waals surface area (Å²) in [4.78, 5) is 14.6. The van der Waals surface area contributed by atoms with Gasteiger partial charge < -0.3 is 24.0 Å². The number of aryl methyl sites for hydroxylation is 1. The Bertz CT molecular complexity index is 673. The van der Waals surface area contributed by atoms with Gasteiger partial charge in [-0.3, -0.25) is 4.79 Å². The Hall–Kier alpha value is -1.46. The molecule has 0 radical (unpaired) electrons. The van der Waals surface area contributed by atoms with Crippen molar-refractivity contribution in [1.82, 2.24) is 4.90 Å². The highest BCUT2D eigenvalue weighted by atomic mass is 31.2. The summed E-state index contributed by atoms with van der Waals surface area (Å²) in [5.74, 6) is -0.0965. The Balaban J connectivity index is 2.08. The van der Waals surface area contributed by atoms with Crippen molar-refractivity contribution in [1.29, 1.82) is 0 Å². The van der Waals surface area contributed by atoms with Crippen LogP contribution >= 0.6 is 8.38 Å². The van der Waals surface area contributed by atoms with Gasteiger partial charge in [-0.05, 0) is 37.5 Å². The van der Waals surface area contributed by atoms with Crippen LogP contribution in [0.3, 0.4) is 0 Å². The third-order valence-electron chi connectivity index (χ3n) is 4.36. The fraction of sp³-hybridized carbons (Fsp3) is 0.471. The van der Waals surface area contributed by atoms with E-state index in [0.717, 1.165) is 41.5 Å². The van der Waals surface area contributed by atoms with E-state index < -0.39 is 8.38 Å². The number of ether oxygens (including phenoxy) is 1. The number of hydrogen-bond acceptors (Lipinski definition) is 5. The van der Waals surface area contributed by atoms with E-state index in [1.165, 1.54) is 0 Å². The van der Waals surface area contributed by atoms with Crippen LogP contribution < -0.4 is 10.6 Å². The highest BCUT2D eigenvalue weighted by Gasteiger charge is 2.33. The second-order valence-electron chi connectivity index (χ2n) is 5.90. The van der Waals surface area contributed by atoms with Crippen molar-refractivity contribution in [2.24, 2.45) is 0 Å². The highest BCUT2D eigenvalue weighted by molar-refractivity contribution is 7.56. The summed E-state index contributed by atoms with van der Waals surface area (Å²) in [6, 6.07) is 4.01. The third kappa shape index (κ3) is 3.07. The van der Waals surface area contributed by atoms with Crippen LogP contribution in [0.25, 0.3) is 5.57 Å². The lowest BCUT2D eigenvalue weighted by atomic mass is 10.1. The zero-order valence-corrected chi connectivity index (χ0v) is 15.4. The maximum Gasteiger partial charge on any atom is 0.257 e. The molecule has 3 rings (SSSR count). The van der Waals surface area contributed by atoms with Gasteiger partial charge in [0.25, 0.3) is 5.91 Å². The Labute approximate surface area is 143 Å². The number of amides is 1. The quantitative estimate of drug-likeness (QED) is 0.653. The number of nitrogens with zero attached hydrogens (tertiary/aromatic N) is 1. The SMILES string of the molecule is COC1CCCN1/C=C1\C(=O)Nc2cc(C)cc(P(OC)OC)c21. The van der Waals surface area contributed by atoms with E-state index in [1.807, 2.05) is 25.3 Å². The molecule has 1 N–H and O–H groups in total. The van der Waals surface area contributed by atoms with Gasteiger partial charge in [-0.1, -0.05) is 0 Å². The molecule has 0 aliphatic carbocycles. The van der Waals surface area contributed by atoms with Crippen LogP contribution in [-0.2, 0) is 18.6 Å². The number of hydrogen-bond donors (Lipinski definition) is 1. The molecule has 0 saturated carbocycles. The number of likely N-dealkylation sites (tertiary alicyclic amines) is 1. The lowest BCUT2D eigenvalue weighted by Crippen LogP contribution is -2.26. The number of methoxy groups -OCH3 is 1. The van der Waals surface area contributed by atoms with E-state index in [0.29, 0.717) is 5.57 Å². The maximum absolute atomic E-state index is 12.6. The molecular formula is C17H23N2O4P. The smallest absolute Gasteiger partial charge is 0.257 e. The van der Waals surface area contributed by atoms with Gasteiger partial charge in [0.2, 0.25) is 8.38 Å². The molecule has 1 aromatic carbocycles. The fourth-order valence-electron chi connectivity index (χ4n) is 3.32. The zero-order chi connectivity index (χ0) is 17.3. The van der Waals surface area contributed by atoms with Crippen LogP contribution in [0.5, 0.6) is 0 Å². The third-order valence-corrected chi connectivity index (χ3v) is 5.77. The Morgan fingerprint density at radius 1 is 1.29 bits per heavy atom. The summed E-state index contributed by atoms with van der Waals surface area (Å²) in [7, 11) is 3.72. The van der Waals surface area contributed by atoms with Crippen LogP contribution in [0.4, 0.5) is 5.69 Å². The number of nitrogens with one attached hydrogen (secondary N) is 1. The predicted molar refractivity (Wildman–Crippen MR) is 95.1 cm³/mol. The minimum atomic E-state index is -1.23. The van der Waals surface area contributed by atoms with Crippen LogP contribution in [0.1, 0.15) is 24.0 Å². The van der Waals surface area contributed by atoms with Crippen molar-refractivity contribution in [2.45, 2.75) is 26.0 Å². The standard InChI is InChI=1S/C17H23N2O4P/c1-11-8-13-16(14(9-11)24(22-3)23-4)12(17(20)18-13)10-19-7-5-6-15(19)21-2/h8-10,15H,5-7H2,1-4H3,(H,18,20)/b12-10-. The zero-order valence-electron chi connectivity index (χ0n) is 14.5. The minimum Gasteiger partial charge on any atom is -0.362 e. The Morgan fingerprint density at radius 2 is 2.04 bits per heavy atom. The summed E-state index contributed by atoms with van der Waals surface area (Å²) in [6.07, 6.45) is 3.97. The topological polar surface area (TPSA) is 60.0 Å². The van der Waals surface area contributed by atoms with Crippen molar-refractivity contribution in [3.63, 3.8) is 0 Å². The van der Waals surface area contributed by atoms with E-state index in [4.69, 9.17) is 13.8 Å². The molecular weight excluding hydrogens is 327 g/mol. The second-order valence-corrected chi connectivity index (χ2v) is 7.62. The van der Waals surface area contributed by atoms with E-state index in [-0.39, 0.29) is 12.1 Å². The molecule has 0 aromatic heterocycles. The molecule has 1 saturated heterocycles. The predicted octanol–water partition coefficient (Wildman–Crippen LogP) is 2.59. The summed E-state index contributed by atoms with van der Waals surface area (Å²) in [6.45, 7) is 2.88. The number of fused-ring (bicyclic) bond motifs is 1. The molecule has 7 heteroatoms. The first-order valence-electron chi connectivity index (χ1n) is 7.94. The van der Waals surface area contributed by atoms with E-state index in [1.54, 1.807) is 21.3 Å². The lowest BCUT2D eigenvalue weighted by molar-refractivity contribution is -0.110. The first-order chi connectivity index (χ1) is 11.6. The molecule has 24 heavy (non-hydrogen) atoms. The maximum atomic E-state index is 12.6. The van der Waals surface area contributed by atoms with Gasteiger partial charge >= 0.3 is 0 Å². The normalized spacial score (nSPS) is 21.7. The summed E-state index contributed by atoms with van der Waals surface area (Å²) in [5.41, 5.74) is 3.39. The molecule has 1 atom stereocenters. The van der Waals surface area contributed by atoms with Crippen molar-refractivity contribution in [2.75, 3.05) is 33.2 Å². The average Bonchev–Trinajstić information content (AvgIpc) is 3.13. The van der Waals surface area contributed by atoms with Crippen LogP contribution in [0, 0.1) is 6.92 Å². The van der Waals surface area contributed by atoms with Crippen molar-refractivity contribution in [3.8, 4) is 0 Å². The Kier molecular flexibility index (Phi) is 5.21.